The van der Waals surface area contributed by atoms with Crippen LogP contribution in [0.1, 0.15) is 31.8 Å². The van der Waals surface area contributed by atoms with Crippen molar-refractivity contribution >= 4 is 23.5 Å². The number of benzene rings is 2. The smallest absolute Gasteiger partial charge is 0.416 e. The number of halogens is 5. The number of esters is 1. The molecule has 154 valence electrons. The van der Waals surface area contributed by atoms with Crippen LogP contribution in [-0.4, -0.2) is 31.6 Å². The number of hydrogen-bond donors (Lipinski definition) is 1. The van der Waals surface area contributed by atoms with Crippen LogP contribution in [0, 0.1) is 5.82 Å². The van der Waals surface area contributed by atoms with E-state index >= 15 is 0 Å². The molecule has 29 heavy (non-hydrogen) atoms. The number of ether oxygens (including phenoxy) is 2. The van der Waals surface area contributed by atoms with Gasteiger partial charge in [0.2, 0.25) is 0 Å². The summed E-state index contributed by atoms with van der Waals surface area (Å²) < 4.78 is 62.1. The zero-order valence-electron chi connectivity index (χ0n) is 14.9. The lowest BCUT2D eigenvalue weighted by molar-refractivity contribution is -0.137. The Morgan fingerprint density at radius 1 is 1.21 bits per heavy atom. The number of rotatable bonds is 4. The van der Waals surface area contributed by atoms with Gasteiger partial charge in [-0.25, -0.2) is 9.18 Å². The molecule has 0 unspecified atom stereocenters. The lowest BCUT2D eigenvalue weighted by atomic mass is 10.1. The number of carbonyl (C=O) groups excluding carboxylic acids is 2. The van der Waals surface area contributed by atoms with E-state index in [0.717, 1.165) is 0 Å². The maximum Gasteiger partial charge on any atom is 0.416 e. The summed E-state index contributed by atoms with van der Waals surface area (Å²) in [6, 6.07) is 4.54. The number of nitrogens with one attached hydrogen (secondary N) is 1. The molecular formula is C19H14ClF4NO4. The third-order valence-electron chi connectivity index (χ3n) is 4.25. The summed E-state index contributed by atoms with van der Waals surface area (Å²) in [5, 5.41) is 2.61. The molecule has 2 aromatic carbocycles. The highest BCUT2D eigenvalue weighted by Crippen LogP contribution is 2.37. The van der Waals surface area contributed by atoms with Crippen molar-refractivity contribution in [2.24, 2.45) is 0 Å². The summed E-state index contributed by atoms with van der Waals surface area (Å²) in [4.78, 5) is 23.8. The highest BCUT2D eigenvalue weighted by molar-refractivity contribution is 6.32. The van der Waals surface area contributed by atoms with Crippen LogP contribution in [0.3, 0.4) is 0 Å². The van der Waals surface area contributed by atoms with Crippen molar-refractivity contribution in [2.75, 3.05) is 13.7 Å². The standard InChI is InChI=1S/C19H14ClF4NO4/c1-28-18(27)11-2-9-5-14(29-16(9)15(20)6-11)8-25-17(26)10-3-12(19(22,23)24)7-13(21)4-10/h2-4,6-7,14H,5,8H2,1H3,(H,25,26)/t14-/m1/s1. The van der Waals surface area contributed by atoms with Gasteiger partial charge in [-0.3, -0.25) is 4.79 Å². The van der Waals surface area contributed by atoms with Gasteiger partial charge < -0.3 is 14.8 Å². The SMILES string of the molecule is COC(=O)c1cc(Cl)c2c(c1)C[C@H](CNC(=O)c1cc(F)cc(C(F)(F)F)c1)O2. The van der Waals surface area contributed by atoms with Crippen LogP contribution in [0.15, 0.2) is 30.3 Å². The van der Waals surface area contributed by atoms with E-state index in [0.29, 0.717) is 35.9 Å². The van der Waals surface area contributed by atoms with Gasteiger partial charge in [0, 0.05) is 17.5 Å². The molecule has 1 aliphatic rings. The number of hydrogen-bond acceptors (Lipinski definition) is 4. The number of methoxy groups -OCH3 is 1. The quantitative estimate of drug-likeness (QED) is 0.586. The summed E-state index contributed by atoms with van der Waals surface area (Å²) >= 11 is 6.11. The summed E-state index contributed by atoms with van der Waals surface area (Å²) in [7, 11) is 1.23. The minimum atomic E-state index is -4.78. The zero-order chi connectivity index (χ0) is 21.3. The molecule has 0 spiro atoms. The molecule has 0 aromatic heterocycles. The monoisotopic (exact) mass is 431 g/mol. The number of fused-ring (bicyclic) bond motifs is 1. The Kier molecular flexibility index (Phi) is 5.70. The Morgan fingerprint density at radius 3 is 2.59 bits per heavy atom. The Bertz CT molecular complexity index is 977. The van der Waals surface area contributed by atoms with E-state index in [4.69, 9.17) is 16.3 Å². The lowest BCUT2D eigenvalue weighted by Crippen LogP contribution is -2.34. The second kappa shape index (κ2) is 7.90. The molecule has 1 atom stereocenters. The average molecular weight is 432 g/mol. The van der Waals surface area contributed by atoms with E-state index in [1.165, 1.54) is 13.2 Å². The minimum absolute atomic E-state index is 0.0603. The molecule has 2 aromatic rings. The fraction of sp³-hybridized carbons (Fsp3) is 0.263. The van der Waals surface area contributed by atoms with E-state index in [-0.39, 0.29) is 17.1 Å². The molecular weight excluding hydrogens is 418 g/mol. The third kappa shape index (κ3) is 4.61. The summed E-state index contributed by atoms with van der Waals surface area (Å²) in [5.41, 5.74) is -0.848. The van der Waals surface area contributed by atoms with Crippen LogP contribution < -0.4 is 10.1 Å². The molecule has 1 amide bonds. The van der Waals surface area contributed by atoms with Gasteiger partial charge in [-0.1, -0.05) is 11.6 Å². The highest BCUT2D eigenvalue weighted by atomic mass is 35.5. The second-order valence-corrected chi connectivity index (χ2v) is 6.73. The van der Waals surface area contributed by atoms with Gasteiger partial charge in [-0.05, 0) is 30.3 Å². The first-order valence-corrected chi connectivity index (χ1v) is 8.69. The molecule has 1 N–H and O–H groups in total. The predicted molar refractivity (Wildman–Crippen MR) is 94.6 cm³/mol. The molecule has 0 saturated heterocycles. The molecule has 0 radical (unpaired) electrons. The zero-order valence-corrected chi connectivity index (χ0v) is 15.7. The van der Waals surface area contributed by atoms with Gasteiger partial charge in [0.1, 0.15) is 17.7 Å². The van der Waals surface area contributed by atoms with Crippen molar-refractivity contribution in [1.29, 1.82) is 0 Å². The maximum absolute atomic E-state index is 13.5. The van der Waals surface area contributed by atoms with Crippen LogP contribution in [0.2, 0.25) is 5.02 Å². The molecule has 0 saturated carbocycles. The first kappa shape index (κ1) is 20.9. The number of carbonyl (C=O) groups is 2. The second-order valence-electron chi connectivity index (χ2n) is 6.32. The van der Waals surface area contributed by atoms with Gasteiger partial charge in [-0.15, -0.1) is 0 Å². The third-order valence-corrected chi connectivity index (χ3v) is 4.53. The van der Waals surface area contributed by atoms with Crippen molar-refractivity contribution < 1.29 is 36.6 Å². The van der Waals surface area contributed by atoms with Crippen molar-refractivity contribution in [3.63, 3.8) is 0 Å². The number of amides is 1. The largest absolute Gasteiger partial charge is 0.486 e. The van der Waals surface area contributed by atoms with E-state index < -0.39 is 41.1 Å². The Labute approximate surface area is 167 Å². The fourth-order valence-corrected chi connectivity index (χ4v) is 3.21. The molecule has 0 bridgehead atoms. The van der Waals surface area contributed by atoms with Crippen molar-refractivity contribution in [1.82, 2.24) is 5.32 Å². The van der Waals surface area contributed by atoms with E-state index in [1.807, 2.05) is 0 Å². The topological polar surface area (TPSA) is 64.6 Å². The van der Waals surface area contributed by atoms with Crippen molar-refractivity contribution in [2.45, 2.75) is 18.7 Å². The van der Waals surface area contributed by atoms with Crippen LogP contribution in [0.4, 0.5) is 17.6 Å². The lowest BCUT2D eigenvalue weighted by Gasteiger charge is -2.13. The average Bonchev–Trinajstić information content (AvgIpc) is 3.07. The van der Waals surface area contributed by atoms with Crippen LogP contribution >= 0.6 is 11.6 Å². The van der Waals surface area contributed by atoms with Gasteiger partial charge in [0.25, 0.3) is 5.91 Å². The number of alkyl halides is 3. The van der Waals surface area contributed by atoms with Gasteiger partial charge >= 0.3 is 12.1 Å². The Balaban J connectivity index is 1.68. The van der Waals surface area contributed by atoms with Crippen LogP contribution in [-0.2, 0) is 17.3 Å². The van der Waals surface area contributed by atoms with Gasteiger partial charge in [0.15, 0.2) is 0 Å². The molecule has 0 aliphatic carbocycles. The first-order chi connectivity index (χ1) is 13.6. The van der Waals surface area contributed by atoms with Crippen molar-refractivity contribution in [3.05, 3.63) is 63.4 Å². The van der Waals surface area contributed by atoms with Gasteiger partial charge in [0.05, 0.1) is 29.8 Å². The highest BCUT2D eigenvalue weighted by Gasteiger charge is 2.32. The summed E-state index contributed by atoms with van der Waals surface area (Å²) in [5.74, 6) is -2.27. The molecule has 3 rings (SSSR count). The normalized spacial score (nSPS) is 15.4. The van der Waals surface area contributed by atoms with Crippen LogP contribution in [0.5, 0.6) is 5.75 Å². The van der Waals surface area contributed by atoms with E-state index in [2.05, 4.69) is 10.1 Å². The van der Waals surface area contributed by atoms with Crippen molar-refractivity contribution in [3.8, 4) is 5.75 Å². The Morgan fingerprint density at radius 2 is 1.93 bits per heavy atom. The van der Waals surface area contributed by atoms with E-state index in [9.17, 15) is 27.2 Å². The fourth-order valence-electron chi connectivity index (χ4n) is 2.93. The summed E-state index contributed by atoms with van der Waals surface area (Å²) in [6.45, 7) is -0.0603. The molecule has 1 aliphatic heterocycles. The minimum Gasteiger partial charge on any atom is -0.486 e. The maximum atomic E-state index is 13.5. The molecule has 10 heteroatoms. The Hall–Kier alpha value is -2.81. The summed E-state index contributed by atoms with van der Waals surface area (Å²) in [6.07, 6.45) is -5.03. The first-order valence-electron chi connectivity index (χ1n) is 8.32. The van der Waals surface area contributed by atoms with E-state index in [1.54, 1.807) is 6.07 Å². The molecule has 1 heterocycles. The van der Waals surface area contributed by atoms with Gasteiger partial charge in [-0.2, -0.15) is 13.2 Å². The molecule has 5 nitrogen and oxygen atoms in total. The van der Waals surface area contributed by atoms with Crippen LogP contribution in [0.25, 0.3) is 0 Å². The predicted octanol–water partition coefficient (Wildman–Crippen LogP) is 4.02. The molecule has 0 fully saturated rings.